The van der Waals surface area contributed by atoms with Crippen LogP contribution in [0.3, 0.4) is 0 Å². The molecule has 1 amide bonds. The predicted molar refractivity (Wildman–Crippen MR) is 166 cm³/mol. The Morgan fingerprint density at radius 2 is 1.81 bits per heavy atom. The second-order valence-corrected chi connectivity index (χ2v) is 12.9. The zero-order valence-electron chi connectivity index (χ0n) is 26.1. The maximum Gasteiger partial charge on any atom is 0.410 e. The van der Waals surface area contributed by atoms with Gasteiger partial charge >= 0.3 is 6.09 Å². The van der Waals surface area contributed by atoms with Crippen molar-refractivity contribution in [2.75, 3.05) is 37.6 Å². The van der Waals surface area contributed by atoms with Crippen LogP contribution in [0.25, 0.3) is 11.1 Å². The van der Waals surface area contributed by atoms with Gasteiger partial charge in [-0.3, -0.25) is 14.7 Å². The van der Waals surface area contributed by atoms with Crippen LogP contribution in [0, 0.1) is 6.92 Å². The summed E-state index contributed by atoms with van der Waals surface area (Å²) in [5.74, 6) is 1.25. The van der Waals surface area contributed by atoms with Crippen LogP contribution >= 0.6 is 0 Å². The minimum atomic E-state index is -0.504. The molecule has 9 heteroatoms. The summed E-state index contributed by atoms with van der Waals surface area (Å²) < 4.78 is 7.24. The summed E-state index contributed by atoms with van der Waals surface area (Å²) in [7, 11) is 1.80. The normalized spacial score (nSPS) is 16.1. The monoisotopic (exact) mass is 572 g/mol. The first-order valence-corrected chi connectivity index (χ1v) is 15.0. The number of hydrogen-bond donors (Lipinski definition) is 0. The first-order chi connectivity index (χ1) is 19.9. The summed E-state index contributed by atoms with van der Waals surface area (Å²) in [6, 6.07) is 8.44. The Hall–Kier alpha value is -3.72. The van der Waals surface area contributed by atoms with Crippen LogP contribution in [0.1, 0.15) is 68.6 Å². The first-order valence-electron chi connectivity index (χ1n) is 15.0. The fourth-order valence-corrected chi connectivity index (χ4v) is 5.79. The third-order valence-electron chi connectivity index (χ3n) is 7.98. The highest BCUT2D eigenvalue weighted by atomic mass is 16.6. The molecule has 224 valence electrons. The number of pyridine rings is 3. The molecule has 0 N–H and O–H groups in total. The summed E-state index contributed by atoms with van der Waals surface area (Å²) in [5, 5.41) is 0. The van der Waals surface area contributed by atoms with E-state index in [-0.39, 0.29) is 17.6 Å². The fourth-order valence-electron chi connectivity index (χ4n) is 5.79. The molecule has 5 rings (SSSR count). The molecule has 0 unspecified atom stereocenters. The summed E-state index contributed by atoms with van der Waals surface area (Å²) in [5.41, 5.74) is 6.77. The van der Waals surface area contributed by atoms with E-state index in [9.17, 15) is 9.59 Å². The van der Waals surface area contributed by atoms with Crippen molar-refractivity contribution in [3.8, 4) is 11.1 Å². The van der Waals surface area contributed by atoms with Gasteiger partial charge in [-0.1, -0.05) is 13.8 Å². The standard InChI is InChI=1S/C33H44N6O3/c1-22(2)30-27(25-16-23(3)31(40)36(7)20-25)8-9-29(35-30)38-14-12-37(13-15-38)19-24-17-26-21-39(11-10-28(26)34-18-24)32(41)42-33(4,5)6/h8-9,16-18,20,22H,10-15,19,21H2,1-7H3. The predicted octanol–water partition coefficient (Wildman–Crippen LogP) is 4.89. The number of anilines is 1. The number of carbonyl (C=O) groups is 1. The van der Waals surface area contributed by atoms with Crippen LogP contribution in [0.5, 0.6) is 0 Å². The number of carbonyl (C=O) groups excluding carboxylic acids is 1. The van der Waals surface area contributed by atoms with Crippen molar-refractivity contribution in [1.82, 2.24) is 24.3 Å². The number of hydrogen-bond acceptors (Lipinski definition) is 7. The van der Waals surface area contributed by atoms with E-state index in [0.29, 0.717) is 13.1 Å². The van der Waals surface area contributed by atoms with E-state index in [4.69, 9.17) is 14.7 Å². The molecule has 0 aliphatic carbocycles. The number of piperazine rings is 1. The highest BCUT2D eigenvalue weighted by Gasteiger charge is 2.27. The lowest BCUT2D eigenvalue weighted by Crippen LogP contribution is -2.46. The second kappa shape index (κ2) is 11.9. The van der Waals surface area contributed by atoms with Crippen LogP contribution < -0.4 is 10.5 Å². The van der Waals surface area contributed by atoms with Gasteiger partial charge < -0.3 is 19.1 Å². The molecule has 2 aliphatic rings. The third kappa shape index (κ3) is 6.67. The van der Waals surface area contributed by atoms with Crippen LogP contribution in [0.15, 0.2) is 41.5 Å². The lowest BCUT2D eigenvalue weighted by atomic mass is 9.97. The number of nitrogens with zero attached hydrogens (tertiary/aromatic N) is 6. The summed E-state index contributed by atoms with van der Waals surface area (Å²) in [6.45, 7) is 17.5. The number of amides is 1. The molecule has 0 aromatic carbocycles. The van der Waals surface area contributed by atoms with E-state index < -0.39 is 5.60 Å². The van der Waals surface area contributed by atoms with E-state index in [1.807, 2.05) is 46.2 Å². The Morgan fingerprint density at radius 3 is 2.48 bits per heavy atom. The average molecular weight is 573 g/mol. The molecule has 2 aliphatic heterocycles. The molecular weight excluding hydrogens is 528 g/mol. The Balaban J connectivity index is 1.23. The third-order valence-corrected chi connectivity index (χ3v) is 7.98. The van der Waals surface area contributed by atoms with Gasteiger partial charge in [0, 0.05) is 87.5 Å². The van der Waals surface area contributed by atoms with Crippen LogP contribution in [0.4, 0.5) is 10.6 Å². The second-order valence-electron chi connectivity index (χ2n) is 12.9. The Bertz CT molecular complexity index is 1490. The number of ether oxygens (including phenoxy) is 1. The van der Waals surface area contributed by atoms with Gasteiger partial charge in [-0.15, -0.1) is 0 Å². The van der Waals surface area contributed by atoms with E-state index in [1.54, 1.807) is 16.5 Å². The van der Waals surface area contributed by atoms with E-state index >= 15 is 0 Å². The summed E-state index contributed by atoms with van der Waals surface area (Å²) >= 11 is 0. The van der Waals surface area contributed by atoms with Crippen molar-refractivity contribution < 1.29 is 9.53 Å². The van der Waals surface area contributed by atoms with Gasteiger partial charge in [-0.25, -0.2) is 9.78 Å². The molecule has 0 saturated carbocycles. The largest absolute Gasteiger partial charge is 0.444 e. The number of fused-ring (bicyclic) bond motifs is 1. The van der Waals surface area contributed by atoms with Gasteiger partial charge in [0.05, 0.1) is 12.2 Å². The molecule has 0 radical (unpaired) electrons. The van der Waals surface area contributed by atoms with Gasteiger partial charge in [-0.05, 0) is 69.0 Å². The lowest BCUT2D eigenvalue weighted by Gasteiger charge is -2.36. The van der Waals surface area contributed by atoms with Crippen molar-refractivity contribution in [2.45, 2.75) is 72.6 Å². The van der Waals surface area contributed by atoms with Crippen molar-refractivity contribution in [3.05, 3.63) is 75.1 Å². The first kappa shape index (κ1) is 29.8. The average Bonchev–Trinajstić information content (AvgIpc) is 2.94. The highest BCUT2D eigenvalue weighted by Crippen LogP contribution is 2.30. The molecule has 3 aromatic heterocycles. The molecule has 5 heterocycles. The summed E-state index contributed by atoms with van der Waals surface area (Å²) in [6.07, 6.45) is 4.38. The number of aromatic nitrogens is 3. The lowest BCUT2D eigenvalue weighted by molar-refractivity contribution is 0.0222. The molecule has 0 spiro atoms. The molecule has 1 fully saturated rings. The number of aryl methyl sites for hydroxylation is 2. The van der Waals surface area contributed by atoms with Gasteiger partial charge in [-0.2, -0.15) is 0 Å². The summed E-state index contributed by atoms with van der Waals surface area (Å²) in [4.78, 5) is 41.3. The van der Waals surface area contributed by atoms with Gasteiger partial charge in [0.25, 0.3) is 5.56 Å². The fraction of sp³-hybridized carbons (Fsp3) is 0.515. The molecule has 0 bridgehead atoms. The molecular formula is C33H44N6O3. The minimum Gasteiger partial charge on any atom is -0.444 e. The highest BCUT2D eigenvalue weighted by molar-refractivity contribution is 5.69. The quantitative estimate of drug-likeness (QED) is 0.431. The zero-order valence-corrected chi connectivity index (χ0v) is 26.1. The van der Waals surface area contributed by atoms with Gasteiger partial charge in [0.15, 0.2) is 0 Å². The Morgan fingerprint density at radius 1 is 1.07 bits per heavy atom. The molecule has 42 heavy (non-hydrogen) atoms. The van der Waals surface area contributed by atoms with Crippen molar-refractivity contribution in [1.29, 1.82) is 0 Å². The van der Waals surface area contributed by atoms with Crippen LogP contribution in [0.2, 0.25) is 0 Å². The van der Waals surface area contributed by atoms with E-state index in [2.05, 4.69) is 41.8 Å². The zero-order chi connectivity index (χ0) is 30.2. The van der Waals surface area contributed by atoms with Crippen LogP contribution in [-0.2, 0) is 31.3 Å². The smallest absolute Gasteiger partial charge is 0.410 e. The number of rotatable bonds is 5. The van der Waals surface area contributed by atoms with E-state index in [0.717, 1.165) is 78.6 Å². The van der Waals surface area contributed by atoms with Crippen LogP contribution in [-0.4, -0.2) is 68.8 Å². The molecule has 9 nitrogen and oxygen atoms in total. The Kier molecular flexibility index (Phi) is 8.42. The van der Waals surface area contributed by atoms with E-state index in [1.165, 1.54) is 5.56 Å². The Labute approximate surface area is 249 Å². The molecule has 1 saturated heterocycles. The van der Waals surface area contributed by atoms with Gasteiger partial charge in [0.2, 0.25) is 0 Å². The minimum absolute atomic E-state index is 0.0289. The van der Waals surface area contributed by atoms with Crippen molar-refractivity contribution >= 4 is 11.9 Å². The maximum absolute atomic E-state index is 12.6. The van der Waals surface area contributed by atoms with Gasteiger partial charge in [0.1, 0.15) is 11.4 Å². The topological polar surface area (TPSA) is 83.8 Å². The SMILES string of the molecule is Cc1cc(-c2ccc(N3CCN(Cc4cnc5c(c4)CN(C(=O)OC(C)(C)C)CC5)CC3)nc2C(C)C)cn(C)c1=O. The maximum atomic E-state index is 12.6. The molecule has 0 atom stereocenters. The van der Waals surface area contributed by atoms with Crippen molar-refractivity contribution in [2.24, 2.45) is 7.05 Å². The molecule has 3 aromatic rings. The van der Waals surface area contributed by atoms with Crippen molar-refractivity contribution in [3.63, 3.8) is 0 Å².